The maximum absolute atomic E-state index is 13.1. The smallest absolute Gasteiger partial charge is 0.289 e. The molecular weight excluding hydrogens is 410 g/mol. The number of methoxy groups -OCH3 is 1. The standard InChI is InChI=1S/C25H23NO6/c1-29-19-7-4-16(5-8-19)20-10-11-22(32-20)25(28)26-12-2-3-18(14-26)24(27)17-6-9-21-23(13-17)31-15-30-21/h4-11,13,18H,2-3,12,14-15H2,1H3/t18-/m0/s1. The summed E-state index contributed by atoms with van der Waals surface area (Å²) in [5, 5.41) is 0. The molecule has 0 radical (unpaired) electrons. The van der Waals surface area contributed by atoms with Crippen LogP contribution >= 0.6 is 0 Å². The molecule has 0 unspecified atom stereocenters. The lowest BCUT2D eigenvalue weighted by molar-refractivity contribution is 0.0611. The number of ketones is 1. The van der Waals surface area contributed by atoms with Crippen LogP contribution in [0.1, 0.15) is 33.8 Å². The number of ether oxygens (including phenoxy) is 3. The van der Waals surface area contributed by atoms with E-state index >= 15 is 0 Å². The van der Waals surface area contributed by atoms with Gasteiger partial charge in [-0.3, -0.25) is 9.59 Å². The van der Waals surface area contributed by atoms with E-state index in [4.69, 9.17) is 18.6 Å². The zero-order chi connectivity index (χ0) is 22.1. The van der Waals surface area contributed by atoms with E-state index in [1.54, 1.807) is 42.3 Å². The summed E-state index contributed by atoms with van der Waals surface area (Å²) in [6.07, 6.45) is 1.51. The number of hydrogen-bond acceptors (Lipinski definition) is 6. The fourth-order valence-corrected chi connectivity index (χ4v) is 4.18. The molecule has 3 aromatic rings. The second-order valence-electron chi connectivity index (χ2n) is 7.92. The fourth-order valence-electron chi connectivity index (χ4n) is 4.18. The number of rotatable bonds is 5. The van der Waals surface area contributed by atoms with Crippen molar-refractivity contribution in [2.75, 3.05) is 27.0 Å². The van der Waals surface area contributed by atoms with Crippen LogP contribution in [0.25, 0.3) is 11.3 Å². The van der Waals surface area contributed by atoms with Gasteiger partial charge in [-0.2, -0.15) is 0 Å². The molecule has 2 aliphatic heterocycles. The molecule has 164 valence electrons. The fraction of sp³-hybridized carbons (Fsp3) is 0.280. The van der Waals surface area contributed by atoms with E-state index in [2.05, 4.69) is 0 Å². The van der Waals surface area contributed by atoms with Gasteiger partial charge in [0.15, 0.2) is 23.0 Å². The molecule has 5 rings (SSSR count). The van der Waals surface area contributed by atoms with Crippen LogP contribution in [-0.2, 0) is 0 Å². The van der Waals surface area contributed by atoms with Gasteiger partial charge in [0.05, 0.1) is 7.11 Å². The van der Waals surface area contributed by atoms with Crippen molar-refractivity contribution >= 4 is 11.7 Å². The van der Waals surface area contributed by atoms with Crippen molar-refractivity contribution in [3.8, 4) is 28.6 Å². The van der Waals surface area contributed by atoms with Gasteiger partial charge in [-0.05, 0) is 67.4 Å². The van der Waals surface area contributed by atoms with Gasteiger partial charge in [0.1, 0.15) is 11.5 Å². The first-order valence-corrected chi connectivity index (χ1v) is 10.6. The largest absolute Gasteiger partial charge is 0.497 e. The third kappa shape index (κ3) is 3.82. The number of piperidine rings is 1. The Bertz CT molecular complexity index is 1150. The second kappa shape index (κ2) is 8.42. The lowest BCUT2D eigenvalue weighted by atomic mass is 9.89. The molecule has 7 nitrogen and oxygen atoms in total. The van der Waals surface area contributed by atoms with Crippen molar-refractivity contribution in [1.29, 1.82) is 0 Å². The summed E-state index contributed by atoms with van der Waals surface area (Å²) in [6, 6.07) is 16.2. The first-order chi connectivity index (χ1) is 15.6. The van der Waals surface area contributed by atoms with Crippen molar-refractivity contribution in [1.82, 2.24) is 4.90 Å². The Balaban J connectivity index is 1.28. The molecule has 3 heterocycles. The Morgan fingerprint density at radius 2 is 1.81 bits per heavy atom. The summed E-state index contributed by atoms with van der Waals surface area (Å²) in [5.41, 5.74) is 1.44. The zero-order valence-electron chi connectivity index (χ0n) is 17.7. The van der Waals surface area contributed by atoms with Crippen molar-refractivity contribution in [3.05, 3.63) is 65.9 Å². The summed E-state index contributed by atoms with van der Waals surface area (Å²) < 4.78 is 21.7. The number of likely N-dealkylation sites (tertiary alicyclic amines) is 1. The van der Waals surface area contributed by atoms with E-state index in [1.807, 2.05) is 24.3 Å². The van der Waals surface area contributed by atoms with Gasteiger partial charge in [0.25, 0.3) is 5.91 Å². The normalized spacial score (nSPS) is 17.3. The average molecular weight is 433 g/mol. The van der Waals surface area contributed by atoms with Gasteiger partial charge in [-0.15, -0.1) is 0 Å². The molecule has 32 heavy (non-hydrogen) atoms. The number of carbonyl (C=O) groups excluding carboxylic acids is 2. The predicted molar refractivity (Wildman–Crippen MR) is 116 cm³/mol. The Hall–Kier alpha value is -3.74. The van der Waals surface area contributed by atoms with Gasteiger partial charge >= 0.3 is 0 Å². The van der Waals surface area contributed by atoms with Crippen molar-refractivity contribution in [2.45, 2.75) is 12.8 Å². The zero-order valence-corrected chi connectivity index (χ0v) is 17.7. The van der Waals surface area contributed by atoms with Crippen LogP contribution in [0.5, 0.6) is 17.2 Å². The number of hydrogen-bond donors (Lipinski definition) is 0. The molecule has 0 aliphatic carbocycles. The van der Waals surface area contributed by atoms with Crippen LogP contribution in [0.2, 0.25) is 0 Å². The van der Waals surface area contributed by atoms with Crippen LogP contribution in [0.4, 0.5) is 0 Å². The second-order valence-corrected chi connectivity index (χ2v) is 7.92. The van der Waals surface area contributed by atoms with Crippen molar-refractivity contribution in [2.24, 2.45) is 5.92 Å². The number of nitrogens with zero attached hydrogens (tertiary/aromatic N) is 1. The summed E-state index contributed by atoms with van der Waals surface area (Å²) in [6.45, 7) is 1.13. The SMILES string of the molecule is COc1ccc(-c2ccc(C(=O)N3CCC[C@H](C(=O)c4ccc5c(c4)OCO5)C3)o2)cc1. The molecule has 1 saturated heterocycles. The minimum absolute atomic E-state index is 0.0131. The number of Topliss-reactive ketones (excluding diaryl/α,β-unsaturated/α-hetero) is 1. The third-order valence-corrected chi connectivity index (χ3v) is 5.93. The van der Waals surface area contributed by atoms with Gasteiger partial charge in [0.2, 0.25) is 6.79 Å². The third-order valence-electron chi connectivity index (χ3n) is 5.93. The number of benzene rings is 2. The summed E-state index contributed by atoms with van der Waals surface area (Å²) in [7, 11) is 1.61. The minimum atomic E-state index is -0.260. The molecule has 1 fully saturated rings. The van der Waals surface area contributed by atoms with Crippen LogP contribution in [-0.4, -0.2) is 43.6 Å². The van der Waals surface area contributed by atoms with Crippen molar-refractivity contribution in [3.63, 3.8) is 0 Å². The maximum atomic E-state index is 13.1. The highest BCUT2D eigenvalue weighted by Crippen LogP contribution is 2.34. The number of amides is 1. The maximum Gasteiger partial charge on any atom is 0.289 e. The Morgan fingerprint density at radius 1 is 1.00 bits per heavy atom. The van der Waals surface area contributed by atoms with Gasteiger partial charge in [-0.1, -0.05) is 0 Å². The van der Waals surface area contributed by atoms with E-state index in [9.17, 15) is 9.59 Å². The highest BCUT2D eigenvalue weighted by molar-refractivity contribution is 5.99. The Morgan fingerprint density at radius 3 is 2.62 bits per heavy atom. The first-order valence-electron chi connectivity index (χ1n) is 10.6. The predicted octanol–water partition coefficient (Wildman–Crippen LogP) is 4.42. The van der Waals surface area contributed by atoms with E-state index in [-0.39, 0.29) is 30.2 Å². The highest BCUT2D eigenvalue weighted by atomic mass is 16.7. The Labute approximate surface area is 185 Å². The monoisotopic (exact) mass is 433 g/mol. The highest BCUT2D eigenvalue weighted by Gasteiger charge is 2.31. The molecule has 0 saturated carbocycles. The lowest BCUT2D eigenvalue weighted by Gasteiger charge is -2.31. The molecule has 0 bridgehead atoms. The summed E-state index contributed by atoms with van der Waals surface area (Å²) in [4.78, 5) is 27.8. The van der Waals surface area contributed by atoms with Crippen LogP contribution in [0, 0.1) is 5.92 Å². The number of carbonyl (C=O) groups is 2. The lowest BCUT2D eigenvalue weighted by Crippen LogP contribution is -2.42. The topological polar surface area (TPSA) is 78.2 Å². The average Bonchev–Trinajstić information content (AvgIpc) is 3.53. The summed E-state index contributed by atoms with van der Waals surface area (Å²) in [5.74, 6) is 2.42. The van der Waals surface area contributed by atoms with Crippen LogP contribution in [0.3, 0.4) is 0 Å². The van der Waals surface area contributed by atoms with Gasteiger partial charge in [-0.25, -0.2) is 0 Å². The van der Waals surface area contributed by atoms with Gasteiger partial charge in [0, 0.05) is 30.1 Å². The van der Waals surface area contributed by atoms with Crippen molar-refractivity contribution < 1.29 is 28.2 Å². The van der Waals surface area contributed by atoms with E-state index in [1.165, 1.54) is 0 Å². The van der Waals surface area contributed by atoms with Crippen LogP contribution in [0.15, 0.2) is 59.0 Å². The molecule has 2 aliphatic rings. The van der Waals surface area contributed by atoms with Crippen LogP contribution < -0.4 is 14.2 Å². The molecule has 1 aromatic heterocycles. The molecule has 0 spiro atoms. The Kier molecular flexibility index (Phi) is 5.31. The number of fused-ring (bicyclic) bond motifs is 1. The number of furan rings is 1. The molecule has 7 heteroatoms. The van der Waals surface area contributed by atoms with E-state index < -0.39 is 0 Å². The minimum Gasteiger partial charge on any atom is -0.497 e. The van der Waals surface area contributed by atoms with E-state index in [0.29, 0.717) is 35.9 Å². The first kappa shape index (κ1) is 20.2. The molecule has 1 atom stereocenters. The summed E-state index contributed by atoms with van der Waals surface area (Å²) >= 11 is 0. The quantitative estimate of drug-likeness (QED) is 0.555. The molecule has 2 aromatic carbocycles. The molecule has 0 N–H and O–H groups in total. The molecule has 1 amide bonds. The van der Waals surface area contributed by atoms with E-state index in [0.717, 1.165) is 24.2 Å². The molecular formula is C25H23NO6. The van der Waals surface area contributed by atoms with Gasteiger partial charge < -0.3 is 23.5 Å².